The maximum Gasteiger partial charge on any atom is 0.296 e. The van der Waals surface area contributed by atoms with E-state index in [1.165, 1.54) is 28.8 Å². The molecular weight excluding hydrogens is 465 g/mol. The van der Waals surface area contributed by atoms with Crippen molar-refractivity contribution in [2.75, 3.05) is 13.2 Å². The molecule has 1 aliphatic rings. The van der Waals surface area contributed by atoms with Crippen LogP contribution in [0.4, 0.5) is 4.39 Å². The van der Waals surface area contributed by atoms with Crippen LogP contribution >= 0.6 is 0 Å². The molecule has 1 aromatic heterocycles. The van der Waals surface area contributed by atoms with Gasteiger partial charge >= 0.3 is 0 Å². The summed E-state index contributed by atoms with van der Waals surface area (Å²) >= 11 is 0. The van der Waals surface area contributed by atoms with Crippen molar-refractivity contribution in [2.24, 2.45) is 0 Å². The van der Waals surface area contributed by atoms with Gasteiger partial charge in [-0.2, -0.15) is 0 Å². The van der Waals surface area contributed by atoms with Crippen LogP contribution in [0.25, 0.3) is 0 Å². The van der Waals surface area contributed by atoms with Crippen molar-refractivity contribution in [3.8, 4) is 5.75 Å². The Morgan fingerprint density at radius 2 is 1.81 bits per heavy atom. The first-order chi connectivity index (χ1) is 17.2. The van der Waals surface area contributed by atoms with E-state index >= 15 is 0 Å². The predicted molar refractivity (Wildman–Crippen MR) is 130 cm³/mol. The van der Waals surface area contributed by atoms with Crippen LogP contribution < -0.4 is 15.6 Å². The Morgan fingerprint density at radius 1 is 1.08 bits per heavy atom. The lowest BCUT2D eigenvalue weighted by atomic mass is 10.1. The van der Waals surface area contributed by atoms with E-state index in [2.05, 4.69) is 10.3 Å². The SMILES string of the molecule is CC1(C)OCCn2c1nc(CC(=O)NCC(=O)Cc1ccc(F)cc1)c(OCc1ccccc1)c2=O. The summed E-state index contributed by atoms with van der Waals surface area (Å²) in [4.78, 5) is 43.0. The maximum absolute atomic E-state index is 13.3. The fourth-order valence-corrected chi connectivity index (χ4v) is 4.00. The summed E-state index contributed by atoms with van der Waals surface area (Å²) in [5, 5.41) is 2.59. The fraction of sp³-hybridized carbons (Fsp3) is 0.333. The number of hydrogen-bond donors (Lipinski definition) is 1. The summed E-state index contributed by atoms with van der Waals surface area (Å²) in [5.41, 5.74) is 0.516. The molecule has 0 atom stereocenters. The van der Waals surface area contributed by atoms with Gasteiger partial charge in [-0.25, -0.2) is 9.37 Å². The van der Waals surface area contributed by atoms with Gasteiger partial charge in [-0.05, 0) is 37.1 Å². The summed E-state index contributed by atoms with van der Waals surface area (Å²) in [6, 6.07) is 15.0. The zero-order valence-corrected chi connectivity index (χ0v) is 20.3. The van der Waals surface area contributed by atoms with Crippen LogP contribution in [0.3, 0.4) is 0 Å². The van der Waals surface area contributed by atoms with Crippen LogP contribution in [0.15, 0.2) is 59.4 Å². The number of ketones is 1. The number of fused-ring (bicyclic) bond motifs is 1. The van der Waals surface area contributed by atoms with Gasteiger partial charge in [0, 0.05) is 6.42 Å². The van der Waals surface area contributed by atoms with Crippen molar-refractivity contribution in [3.63, 3.8) is 0 Å². The molecule has 36 heavy (non-hydrogen) atoms. The third-order valence-electron chi connectivity index (χ3n) is 5.87. The second-order valence-corrected chi connectivity index (χ2v) is 9.10. The van der Waals surface area contributed by atoms with Gasteiger partial charge in [-0.1, -0.05) is 42.5 Å². The molecule has 0 unspecified atom stereocenters. The normalized spacial score (nSPS) is 14.1. The highest BCUT2D eigenvalue weighted by molar-refractivity contribution is 5.88. The minimum absolute atomic E-state index is 0.00749. The van der Waals surface area contributed by atoms with Crippen LogP contribution in [-0.2, 0) is 45.9 Å². The molecular formula is C27H28FN3O5. The highest BCUT2D eigenvalue weighted by atomic mass is 19.1. The standard InChI is InChI=1S/C27H28FN3O5/c1-27(2)26-30-22(15-23(33)29-16-21(32)14-18-8-10-20(28)11-9-18)24(25(34)31(26)12-13-36-27)35-17-19-6-4-3-5-7-19/h3-11H,12-17H2,1-2H3,(H,29,33). The molecule has 8 nitrogen and oxygen atoms in total. The molecule has 4 rings (SSSR count). The second-order valence-electron chi connectivity index (χ2n) is 9.10. The number of aromatic nitrogens is 2. The molecule has 0 saturated carbocycles. The Labute approximate surface area is 208 Å². The maximum atomic E-state index is 13.3. The molecule has 0 bridgehead atoms. The monoisotopic (exact) mass is 493 g/mol. The average molecular weight is 494 g/mol. The number of hydrogen-bond acceptors (Lipinski definition) is 6. The Morgan fingerprint density at radius 3 is 2.53 bits per heavy atom. The number of carbonyl (C=O) groups excluding carboxylic acids is 2. The number of halogens is 1. The van der Waals surface area contributed by atoms with E-state index in [-0.39, 0.29) is 54.6 Å². The smallest absolute Gasteiger partial charge is 0.296 e. The summed E-state index contributed by atoms with van der Waals surface area (Å²) in [6.07, 6.45) is -0.178. The Hall–Kier alpha value is -3.85. The summed E-state index contributed by atoms with van der Waals surface area (Å²) in [5.74, 6) is -0.664. The predicted octanol–water partition coefficient (Wildman–Crippen LogP) is 2.70. The Kier molecular flexibility index (Phi) is 7.59. The number of amides is 1. The van der Waals surface area contributed by atoms with E-state index in [1.807, 2.05) is 44.2 Å². The largest absolute Gasteiger partial charge is 0.482 e. The molecule has 0 aliphatic carbocycles. The topological polar surface area (TPSA) is 99.5 Å². The van der Waals surface area contributed by atoms with Crippen molar-refractivity contribution >= 4 is 11.7 Å². The highest BCUT2D eigenvalue weighted by Gasteiger charge is 2.33. The second kappa shape index (κ2) is 10.8. The first-order valence-electron chi connectivity index (χ1n) is 11.7. The molecule has 2 aromatic carbocycles. The van der Waals surface area contributed by atoms with E-state index in [9.17, 15) is 18.8 Å². The van der Waals surface area contributed by atoms with Crippen molar-refractivity contribution in [3.05, 3.63) is 93.4 Å². The molecule has 0 radical (unpaired) electrons. The van der Waals surface area contributed by atoms with E-state index in [0.717, 1.165) is 5.56 Å². The van der Waals surface area contributed by atoms with Gasteiger partial charge < -0.3 is 14.8 Å². The van der Waals surface area contributed by atoms with Gasteiger partial charge in [0.25, 0.3) is 5.56 Å². The quantitative estimate of drug-likeness (QED) is 0.492. The molecule has 9 heteroatoms. The van der Waals surface area contributed by atoms with E-state index < -0.39 is 11.5 Å². The lowest BCUT2D eigenvalue weighted by Crippen LogP contribution is -2.42. The highest BCUT2D eigenvalue weighted by Crippen LogP contribution is 2.28. The zero-order valence-electron chi connectivity index (χ0n) is 20.3. The number of rotatable bonds is 9. The number of ether oxygens (including phenoxy) is 2. The van der Waals surface area contributed by atoms with Gasteiger partial charge in [-0.3, -0.25) is 19.0 Å². The van der Waals surface area contributed by atoms with E-state index in [4.69, 9.17) is 9.47 Å². The number of benzene rings is 2. The third-order valence-corrected chi connectivity index (χ3v) is 5.87. The summed E-state index contributed by atoms with van der Waals surface area (Å²) in [6.45, 7) is 4.25. The molecule has 1 N–H and O–H groups in total. The molecule has 1 aliphatic heterocycles. The summed E-state index contributed by atoms with van der Waals surface area (Å²) in [7, 11) is 0. The average Bonchev–Trinajstić information content (AvgIpc) is 2.85. The van der Waals surface area contributed by atoms with Crippen molar-refractivity contribution in [2.45, 2.75) is 45.4 Å². The van der Waals surface area contributed by atoms with Gasteiger partial charge in [0.15, 0.2) is 5.78 Å². The third kappa shape index (κ3) is 6.04. The molecule has 0 fully saturated rings. The summed E-state index contributed by atoms with van der Waals surface area (Å²) < 4.78 is 26.3. The first-order valence-corrected chi connectivity index (χ1v) is 11.7. The van der Waals surface area contributed by atoms with Crippen molar-refractivity contribution in [1.29, 1.82) is 0 Å². The lowest BCUT2D eigenvalue weighted by Gasteiger charge is -2.33. The van der Waals surface area contributed by atoms with Gasteiger partial charge in [-0.15, -0.1) is 0 Å². The van der Waals surface area contributed by atoms with E-state index in [1.54, 1.807) is 0 Å². The number of carbonyl (C=O) groups is 2. The number of nitrogens with one attached hydrogen (secondary N) is 1. The Balaban J connectivity index is 1.50. The minimum atomic E-state index is -0.814. The fourth-order valence-electron chi connectivity index (χ4n) is 4.00. The van der Waals surface area contributed by atoms with Gasteiger partial charge in [0.05, 0.1) is 31.8 Å². The minimum Gasteiger partial charge on any atom is -0.482 e. The molecule has 1 amide bonds. The van der Waals surface area contributed by atoms with Crippen LogP contribution in [-0.4, -0.2) is 34.4 Å². The van der Waals surface area contributed by atoms with Gasteiger partial charge in [0.1, 0.15) is 23.8 Å². The lowest BCUT2D eigenvalue weighted by molar-refractivity contribution is -0.124. The molecule has 3 aromatic rings. The molecule has 0 saturated heterocycles. The van der Waals surface area contributed by atoms with Crippen LogP contribution in [0.2, 0.25) is 0 Å². The van der Waals surface area contributed by atoms with Crippen LogP contribution in [0, 0.1) is 5.82 Å². The van der Waals surface area contributed by atoms with Crippen molar-refractivity contribution < 1.29 is 23.5 Å². The van der Waals surface area contributed by atoms with Gasteiger partial charge in [0.2, 0.25) is 11.7 Å². The molecule has 188 valence electrons. The van der Waals surface area contributed by atoms with Crippen LogP contribution in [0.1, 0.15) is 36.5 Å². The molecule has 0 spiro atoms. The number of Topliss-reactive ketones (excluding diaryl/α,β-unsaturated/α-hetero) is 1. The van der Waals surface area contributed by atoms with Crippen molar-refractivity contribution in [1.82, 2.24) is 14.9 Å². The van der Waals surface area contributed by atoms with Crippen LogP contribution in [0.5, 0.6) is 5.75 Å². The first kappa shape index (κ1) is 25.2. The van der Waals surface area contributed by atoms with E-state index in [0.29, 0.717) is 24.5 Å². The number of nitrogens with zero attached hydrogens (tertiary/aromatic N) is 2. The Bertz CT molecular complexity index is 1300. The zero-order chi connectivity index (χ0) is 25.7. The molecule has 2 heterocycles.